The van der Waals surface area contributed by atoms with Crippen LogP contribution in [0.5, 0.6) is 0 Å². The van der Waals surface area contributed by atoms with Gasteiger partial charge in [0.15, 0.2) is 5.96 Å². The number of nitrogens with one attached hydrogen (secondary N) is 1. The molecule has 0 amide bonds. The molecule has 1 saturated heterocycles. The van der Waals surface area contributed by atoms with Crippen LogP contribution in [0, 0.1) is 6.92 Å². The van der Waals surface area contributed by atoms with E-state index in [4.69, 9.17) is 9.73 Å². The molecular formula is C20H27N3OS. The molecule has 1 aliphatic heterocycles. The first-order valence-electron chi connectivity index (χ1n) is 9.00. The van der Waals surface area contributed by atoms with Crippen molar-refractivity contribution < 1.29 is 4.74 Å². The number of nitrogens with zero attached hydrogens (tertiary/aromatic N) is 2. The molecule has 1 aliphatic rings. The highest BCUT2D eigenvalue weighted by Crippen LogP contribution is 2.25. The number of thiophene rings is 1. The van der Waals surface area contributed by atoms with E-state index in [1.54, 1.807) is 11.3 Å². The van der Waals surface area contributed by atoms with Crippen LogP contribution in [0.15, 0.2) is 46.8 Å². The first kappa shape index (κ1) is 18.0. The number of rotatable bonds is 5. The summed E-state index contributed by atoms with van der Waals surface area (Å²) in [7, 11) is 0. The number of morpholine rings is 1. The van der Waals surface area contributed by atoms with E-state index in [-0.39, 0.29) is 6.10 Å². The Balaban J connectivity index is 1.67. The third-order valence-corrected chi connectivity index (χ3v) is 5.37. The van der Waals surface area contributed by atoms with E-state index in [0.29, 0.717) is 0 Å². The number of hydrogen-bond acceptors (Lipinski definition) is 3. The quantitative estimate of drug-likeness (QED) is 0.656. The van der Waals surface area contributed by atoms with Crippen molar-refractivity contribution in [3.05, 3.63) is 57.8 Å². The molecule has 0 aliphatic carbocycles. The molecule has 1 N–H and O–H groups in total. The van der Waals surface area contributed by atoms with E-state index in [1.807, 2.05) is 0 Å². The fourth-order valence-corrected chi connectivity index (χ4v) is 3.83. The van der Waals surface area contributed by atoms with Gasteiger partial charge in [0.1, 0.15) is 6.10 Å². The Morgan fingerprint density at radius 3 is 2.96 bits per heavy atom. The molecule has 1 fully saturated rings. The minimum atomic E-state index is 0.108. The predicted molar refractivity (Wildman–Crippen MR) is 105 cm³/mol. The van der Waals surface area contributed by atoms with Gasteiger partial charge in [-0.1, -0.05) is 30.3 Å². The summed E-state index contributed by atoms with van der Waals surface area (Å²) in [6.07, 6.45) is 1.11. The van der Waals surface area contributed by atoms with Gasteiger partial charge in [-0.3, -0.25) is 4.99 Å². The third-order valence-electron chi connectivity index (χ3n) is 4.44. The van der Waals surface area contributed by atoms with Crippen LogP contribution in [0.3, 0.4) is 0 Å². The van der Waals surface area contributed by atoms with Gasteiger partial charge in [-0.25, -0.2) is 0 Å². The summed E-state index contributed by atoms with van der Waals surface area (Å²) >= 11 is 1.80. The van der Waals surface area contributed by atoms with Crippen molar-refractivity contribution in [2.45, 2.75) is 26.4 Å². The van der Waals surface area contributed by atoms with Crippen LogP contribution >= 0.6 is 11.3 Å². The largest absolute Gasteiger partial charge is 0.370 e. The summed E-state index contributed by atoms with van der Waals surface area (Å²) in [6.45, 7) is 8.42. The molecule has 0 spiro atoms. The maximum absolute atomic E-state index is 6.04. The van der Waals surface area contributed by atoms with E-state index in [1.165, 1.54) is 16.0 Å². The second-order valence-corrected chi connectivity index (χ2v) is 7.26. The average Bonchev–Trinajstić information content (AvgIpc) is 3.15. The van der Waals surface area contributed by atoms with E-state index in [9.17, 15) is 0 Å². The van der Waals surface area contributed by atoms with Crippen LogP contribution in [0.1, 0.15) is 29.0 Å². The lowest BCUT2D eigenvalue weighted by atomic mass is 10.0. The SMILES string of the molecule is CCNC(=NCCc1cccs1)N1CCOC(c2ccccc2C)C1. The summed E-state index contributed by atoms with van der Waals surface area (Å²) in [6, 6.07) is 12.8. The minimum absolute atomic E-state index is 0.108. The Labute approximate surface area is 154 Å². The van der Waals surface area contributed by atoms with E-state index in [0.717, 1.165) is 45.2 Å². The standard InChI is InChI=1S/C20H27N3OS/c1-3-21-20(22-11-10-17-8-6-14-25-17)23-12-13-24-19(15-23)18-9-5-4-7-16(18)2/h4-9,14,19H,3,10-13,15H2,1-2H3,(H,21,22). The zero-order valence-electron chi connectivity index (χ0n) is 15.1. The van der Waals surface area contributed by atoms with Gasteiger partial charge in [-0.2, -0.15) is 0 Å². The number of benzene rings is 1. The van der Waals surface area contributed by atoms with Crippen molar-refractivity contribution >= 4 is 17.3 Å². The fourth-order valence-electron chi connectivity index (χ4n) is 3.13. The summed E-state index contributed by atoms with van der Waals surface area (Å²) in [5.41, 5.74) is 2.57. The van der Waals surface area contributed by atoms with Crippen LogP contribution in [0.2, 0.25) is 0 Å². The molecule has 134 valence electrons. The first-order chi connectivity index (χ1) is 12.3. The van der Waals surface area contributed by atoms with Gasteiger partial charge in [0.05, 0.1) is 13.2 Å². The number of hydrogen-bond donors (Lipinski definition) is 1. The summed E-state index contributed by atoms with van der Waals surface area (Å²) in [4.78, 5) is 8.57. The Hall–Kier alpha value is -1.85. The summed E-state index contributed by atoms with van der Waals surface area (Å²) < 4.78 is 6.04. The fraction of sp³-hybridized carbons (Fsp3) is 0.450. The minimum Gasteiger partial charge on any atom is -0.370 e. The Bertz CT molecular complexity index is 684. The molecule has 4 nitrogen and oxygen atoms in total. The highest BCUT2D eigenvalue weighted by atomic mass is 32.1. The molecule has 1 unspecified atom stereocenters. The molecule has 2 aromatic rings. The molecule has 1 aromatic heterocycles. The van der Waals surface area contributed by atoms with Gasteiger partial charge in [0, 0.05) is 30.9 Å². The number of guanidine groups is 1. The zero-order chi connectivity index (χ0) is 17.5. The summed E-state index contributed by atoms with van der Waals surface area (Å²) in [5.74, 6) is 1.00. The van der Waals surface area contributed by atoms with E-state index < -0.39 is 0 Å². The molecule has 0 radical (unpaired) electrons. The highest BCUT2D eigenvalue weighted by Gasteiger charge is 2.25. The van der Waals surface area contributed by atoms with Crippen LogP contribution in [-0.4, -0.2) is 43.6 Å². The first-order valence-corrected chi connectivity index (χ1v) is 9.88. The van der Waals surface area contributed by atoms with Crippen molar-refractivity contribution in [2.75, 3.05) is 32.8 Å². The third kappa shape index (κ3) is 4.83. The van der Waals surface area contributed by atoms with Crippen LogP contribution in [0.4, 0.5) is 0 Å². The van der Waals surface area contributed by atoms with E-state index in [2.05, 4.69) is 65.8 Å². The topological polar surface area (TPSA) is 36.9 Å². The van der Waals surface area contributed by atoms with Crippen LogP contribution < -0.4 is 5.32 Å². The van der Waals surface area contributed by atoms with E-state index >= 15 is 0 Å². The molecule has 1 atom stereocenters. The molecule has 25 heavy (non-hydrogen) atoms. The lowest BCUT2D eigenvalue weighted by Crippen LogP contribution is -2.48. The van der Waals surface area contributed by atoms with Crippen molar-refractivity contribution in [2.24, 2.45) is 4.99 Å². The Morgan fingerprint density at radius 1 is 1.32 bits per heavy atom. The van der Waals surface area contributed by atoms with Crippen LogP contribution in [-0.2, 0) is 11.2 Å². The van der Waals surface area contributed by atoms with Gasteiger partial charge in [-0.15, -0.1) is 11.3 Å². The molecule has 0 saturated carbocycles. The molecule has 5 heteroatoms. The van der Waals surface area contributed by atoms with Gasteiger partial charge < -0.3 is 15.0 Å². The second kappa shape index (κ2) is 9.02. The molecule has 2 heterocycles. The Kier molecular flexibility index (Phi) is 6.48. The number of aliphatic imine (C=N–C) groups is 1. The monoisotopic (exact) mass is 357 g/mol. The molecule has 3 rings (SSSR count). The number of ether oxygens (including phenoxy) is 1. The smallest absolute Gasteiger partial charge is 0.194 e. The van der Waals surface area contributed by atoms with Crippen LogP contribution in [0.25, 0.3) is 0 Å². The van der Waals surface area contributed by atoms with Crippen molar-refractivity contribution in [3.8, 4) is 0 Å². The lowest BCUT2D eigenvalue weighted by molar-refractivity contribution is -0.00832. The predicted octanol–water partition coefficient (Wildman–Crippen LogP) is 3.64. The molecule has 1 aromatic carbocycles. The van der Waals surface area contributed by atoms with Gasteiger partial charge in [-0.05, 0) is 36.4 Å². The normalized spacial score (nSPS) is 18.4. The molecule has 0 bridgehead atoms. The maximum Gasteiger partial charge on any atom is 0.194 e. The average molecular weight is 358 g/mol. The van der Waals surface area contributed by atoms with Crippen molar-refractivity contribution in [3.63, 3.8) is 0 Å². The van der Waals surface area contributed by atoms with Gasteiger partial charge in [0.25, 0.3) is 0 Å². The van der Waals surface area contributed by atoms with Crippen molar-refractivity contribution in [1.29, 1.82) is 0 Å². The zero-order valence-corrected chi connectivity index (χ0v) is 15.9. The lowest BCUT2D eigenvalue weighted by Gasteiger charge is -2.35. The molecular weight excluding hydrogens is 330 g/mol. The Morgan fingerprint density at radius 2 is 2.20 bits per heavy atom. The highest BCUT2D eigenvalue weighted by molar-refractivity contribution is 7.09. The van der Waals surface area contributed by atoms with Crippen molar-refractivity contribution in [1.82, 2.24) is 10.2 Å². The maximum atomic E-state index is 6.04. The summed E-state index contributed by atoms with van der Waals surface area (Å²) in [5, 5.41) is 5.57. The van der Waals surface area contributed by atoms with Gasteiger partial charge >= 0.3 is 0 Å². The van der Waals surface area contributed by atoms with Gasteiger partial charge in [0.2, 0.25) is 0 Å². The number of aryl methyl sites for hydroxylation is 1. The second-order valence-electron chi connectivity index (χ2n) is 6.23.